The molecule has 0 aliphatic carbocycles. The van der Waals surface area contributed by atoms with E-state index in [-0.39, 0.29) is 12.1 Å². The van der Waals surface area contributed by atoms with Crippen molar-refractivity contribution in [3.8, 4) is 16.9 Å². The molecule has 0 fully saturated rings. The zero-order chi connectivity index (χ0) is 16.4. The summed E-state index contributed by atoms with van der Waals surface area (Å²) in [5.41, 5.74) is 0.596. The first-order valence-corrected chi connectivity index (χ1v) is 6.97. The number of hydrogen-bond acceptors (Lipinski definition) is 2. The number of aromatic hydroxyl groups is 1. The minimum atomic E-state index is -0.616. The Labute approximate surface area is 131 Å². The summed E-state index contributed by atoms with van der Waals surface area (Å²) in [6.45, 7) is 0.0758. The maximum atomic E-state index is 13.9. The lowest BCUT2D eigenvalue weighted by atomic mass is 10.1. The molecule has 3 aromatic rings. The predicted molar refractivity (Wildman–Crippen MR) is 83.3 cm³/mol. The van der Waals surface area contributed by atoms with E-state index in [1.807, 2.05) is 0 Å². The molecule has 3 nitrogen and oxygen atoms in total. The Morgan fingerprint density at radius 2 is 1.78 bits per heavy atom. The lowest BCUT2D eigenvalue weighted by Gasteiger charge is -2.10. The third kappa shape index (κ3) is 3.13. The number of nitrogens with zero attached hydrogens (tertiary/aromatic N) is 1. The fourth-order valence-electron chi connectivity index (χ4n) is 2.41. The summed E-state index contributed by atoms with van der Waals surface area (Å²) in [6, 6.07) is 13.1. The van der Waals surface area contributed by atoms with Crippen molar-refractivity contribution in [3.05, 3.63) is 88.3 Å². The average molecular weight is 313 g/mol. The minimum Gasteiger partial charge on any atom is -0.503 e. The van der Waals surface area contributed by atoms with Gasteiger partial charge >= 0.3 is 0 Å². The van der Waals surface area contributed by atoms with Crippen molar-refractivity contribution in [1.82, 2.24) is 4.57 Å². The molecule has 1 aromatic heterocycles. The van der Waals surface area contributed by atoms with Crippen LogP contribution >= 0.6 is 0 Å². The van der Waals surface area contributed by atoms with E-state index in [4.69, 9.17) is 0 Å². The van der Waals surface area contributed by atoms with Gasteiger partial charge in [0, 0.05) is 17.3 Å². The molecular formula is C18H13F2NO2. The summed E-state index contributed by atoms with van der Waals surface area (Å²) >= 11 is 0. The molecule has 23 heavy (non-hydrogen) atoms. The van der Waals surface area contributed by atoms with E-state index >= 15 is 0 Å². The van der Waals surface area contributed by atoms with Gasteiger partial charge in [-0.15, -0.1) is 0 Å². The Kier molecular flexibility index (Phi) is 3.93. The maximum absolute atomic E-state index is 13.9. The SMILES string of the molecule is O=c1c(O)cc(-c2ccccc2F)cn1Cc1cccc(F)c1. The van der Waals surface area contributed by atoms with Crippen molar-refractivity contribution in [2.75, 3.05) is 0 Å². The summed E-state index contributed by atoms with van der Waals surface area (Å²) < 4.78 is 28.4. The van der Waals surface area contributed by atoms with E-state index in [2.05, 4.69) is 0 Å². The second-order valence-electron chi connectivity index (χ2n) is 5.16. The Morgan fingerprint density at radius 3 is 2.52 bits per heavy atom. The van der Waals surface area contributed by atoms with Gasteiger partial charge in [-0.05, 0) is 29.8 Å². The van der Waals surface area contributed by atoms with Gasteiger partial charge in [0.1, 0.15) is 11.6 Å². The molecule has 0 aliphatic rings. The van der Waals surface area contributed by atoms with Crippen LogP contribution in [0.5, 0.6) is 5.75 Å². The van der Waals surface area contributed by atoms with Gasteiger partial charge in [-0.25, -0.2) is 8.78 Å². The standard InChI is InChI=1S/C18H13F2NO2/c19-14-5-3-4-12(8-14)10-21-11-13(9-17(22)18(21)23)15-6-1-2-7-16(15)20/h1-9,11,22H,10H2. The molecule has 0 saturated heterocycles. The summed E-state index contributed by atoms with van der Waals surface area (Å²) in [4.78, 5) is 12.1. The summed E-state index contributed by atoms with van der Waals surface area (Å²) in [6.07, 6.45) is 1.45. The molecule has 1 N–H and O–H groups in total. The molecule has 0 bridgehead atoms. The van der Waals surface area contributed by atoms with E-state index in [9.17, 15) is 18.7 Å². The lowest BCUT2D eigenvalue weighted by molar-refractivity contribution is 0.459. The summed E-state index contributed by atoms with van der Waals surface area (Å²) in [7, 11) is 0. The summed E-state index contributed by atoms with van der Waals surface area (Å²) in [5.74, 6) is -1.35. The largest absolute Gasteiger partial charge is 0.503 e. The molecule has 0 amide bonds. The van der Waals surface area contributed by atoms with Gasteiger partial charge in [-0.3, -0.25) is 4.79 Å². The van der Waals surface area contributed by atoms with Crippen LogP contribution in [-0.4, -0.2) is 9.67 Å². The van der Waals surface area contributed by atoms with Gasteiger partial charge < -0.3 is 9.67 Å². The zero-order valence-corrected chi connectivity index (χ0v) is 12.0. The van der Waals surface area contributed by atoms with Crippen molar-refractivity contribution >= 4 is 0 Å². The molecule has 2 aromatic carbocycles. The highest BCUT2D eigenvalue weighted by molar-refractivity contribution is 5.64. The number of hydrogen-bond donors (Lipinski definition) is 1. The van der Waals surface area contributed by atoms with Crippen LogP contribution in [0.1, 0.15) is 5.56 Å². The van der Waals surface area contributed by atoms with Crippen LogP contribution < -0.4 is 5.56 Å². The van der Waals surface area contributed by atoms with Crippen LogP contribution in [0.15, 0.2) is 65.6 Å². The highest BCUT2D eigenvalue weighted by Gasteiger charge is 2.11. The number of benzene rings is 2. The Bertz CT molecular complexity index is 919. The van der Waals surface area contributed by atoms with Crippen LogP contribution in [-0.2, 0) is 6.54 Å². The number of pyridine rings is 1. The Balaban J connectivity index is 2.07. The predicted octanol–water partition coefficient (Wildman–Crippen LogP) is 3.55. The molecule has 5 heteroatoms. The Morgan fingerprint density at radius 1 is 1.00 bits per heavy atom. The van der Waals surface area contributed by atoms with Gasteiger partial charge in [0.25, 0.3) is 5.56 Å². The average Bonchev–Trinajstić information content (AvgIpc) is 2.52. The molecular weight excluding hydrogens is 300 g/mol. The third-order valence-corrected chi connectivity index (χ3v) is 3.49. The maximum Gasteiger partial charge on any atom is 0.292 e. The van der Waals surface area contributed by atoms with Crippen LogP contribution in [0.2, 0.25) is 0 Å². The highest BCUT2D eigenvalue weighted by atomic mass is 19.1. The van der Waals surface area contributed by atoms with Gasteiger partial charge in [0.15, 0.2) is 5.75 Å². The van der Waals surface area contributed by atoms with E-state index < -0.39 is 22.9 Å². The van der Waals surface area contributed by atoms with Crippen molar-refractivity contribution < 1.29 is 13.9 Å². The monoisotopic (exact) mass is 313 g/mol. The molecule has 0 spiro atoms. The molecule has 0 saturated carbocycles. The third-order valence-electron chi connectivity index (χ3n) is 3.49. The van der Waals surface area contributed by atoms with Gasteiger partial charge in [-0.2, -0.15) is 0 Å². The first kappa shape index (κ1) is 15.0. The molecule has 3 rings (SSSR count). The van der Waals surface area contributed by atoms with Crippen LogP contribution in [0.4, 0.5) is 8.78 Å². The molecule has 0 radical (unpaired) electrons. The molecule has 0 atom stereocenters. The van der Waals surface area contributed by atoms with Crippen LogP contribution in [0.25, 0.3) is 11.1 Å². The molecule has 0 unspecified atom stereocenters. The second kappa shape index (κ2) is 6.04. The van der Waals surface area contributed by atoms with Gasteiger partial charge in [0.05, 0.1) is 6.54 Å². The number of rotatable bonds is 3. The topological polar surface area (TPSA) is 42.2 Å². The van der Waals surface area contributed by atoms with Crippen molar-refractivity contribution in [2.24, 2.45) is 0 Å². The van der Waals surface area contributed by atoms with E-state index in [1.165, 1.54) is 41.1 Å². The lowest BCUT2D eigenvalue weighted by Crippen LogP contribution is -2.20. The number of halogens is 2. The van der Waals surface area contributed by atoms with E-state index in [1.54, 1.807) is 24.3 Å². The summed E-state index contributed by atoms with van der Waals surface area (Å²) in [5, 5.41) is 9.84. The minimum absolute atomic E-state index is 0.0758. The highest BCUT2D eigenvalue weighted by Crippen LogP contribution is 2.24. The van der Waals surface area contributed by atoms with Gasteiger partial charge in [0.2, 0.25) is 0 Å². The second-order valence-corrected chi connectivity index (χ2v) is 5.16. The van der Waals surface area contributed by atoms with Crippen molar-refractivity contribution in [2.45, 2.75) is 6.54 Å². The number of aromatic nitrogens is 1. The van der Waals surface area contributed by atoms with Crippen LogP contribution in [0, 0.1) is 11.6 Å². The van der Waals surface area contributed by atoms with Gasteiger partial charge in [-0.1, -0.05) is 30.3 Å². The molecule has 0 aliphatic heterocycles. The van der Waals surface area contributed by atoms with Crippen molar-refractivity contribution in [3.63, 3.8) is 0 Å². The van der Waals surface area contributed by atoms with Crippen molar-refractivity contribution in [1.29, 1.82) is 0 Å². The fraction of sp³-hybridized carbons (Fsp3) is 0.0556. The first-order valence-electron chi connectivity index (χ1n) is 6.97. The zero-order valence-electron chi connectivity index (χ0n) is 12.0. The van der Waals surface area contributed by atoms with E-state index in [0.717, 1.165) is 0 Å². The quantitative estimate of drug-likeness (QED) is 0.803. The normalized spacial score (nSPS) is 10.7. The van der Waals surface area contributed by atoms with E-state index in [0.29, 0.717) is 11.1 Å². The first-order chi connectivity index (χ1) is 11.0. The van der Waals surface area contributed by atoms with Crippen LogP contribution in [0.3, 0.4) is 0 Å². The molecule has 1 heterocycles. The molecule has 116 valence electrons. The fourth-order valence-corrected chi connectivity index (χ4v) is 2.41. The smallest absolute Gasteiger partial charge is 0.292 e. The Hall–Kier alpha value is -2.95.